The Balaban J connectivity index is 0.000000324. The number of hydrogen-bond acceptors (Lipinski definition) is 4. The van der Waals surface area contributed by atoms with Gasteiger partial charge in [-0.25, -0.2) is 0 Å². The molecule has 0 fully saturated rings. The van der Waals surface area contributed by atoms with Crippen molar-refractivity contribution in [2.75, 3.05) is 7.11 Å². The summed E-state index contributed by atoms with van der Waals surface area (Å²) < 4.78 is 5.33. The van der Waals surface area contributed by atoms with Gasteiger partial charge in [-0.15, -0.1) is 0 Å². The molecule has 4 nitrogen and oxygen atoms in total. The second-order valence-electron chi connectivity index (χ2n) is 8.09. The maximum absolute atomic E-state index is 10.4. The number of hydrogen-bond donors (Lipinski definition) is 3. The summed E-state index contributed by atoms with van der Waals surface area (Å²) in [5.74, 6) is 1.54. The van der Waals surface area contributed by atoms with Gasteiger partial charge in [0.15, 0.2) is 0 Å². The summed E-state index contributed by atoms with van der Waals surface area (Å²) in [5.41, 5.74) is 1.67. The van der Waals surface area contributed by atoms with Crippen molar-refractivity contribution in [2.24, 2.45) is 0 Å². The van der Waals surface area contributed by atoms with E-state index in [1.165, 1.54) is 24.3 Å². The minimum absolute atomic E-state index is 0.0986. The van der Waals surface area contributed by atoms with Gasteiger partial charge >= 0.3 is 0 Å². The van der Waals surface area contributed by atoms with Crippen molar-refractivity contribution in [3.63, 3.8) is 0 Å². The van der Waals surface area contributed by atoms with E-state index in [4.69, 9.17) is 14.9 Å². The Morgan fingerprint density at radius 3 is 1.24 bits per heavy atom. The highest BCUT2D eigenvalue weighted by molar-refractivity contribution is 5.51. The zero-order valence-electron chi connectivity index (χ0n) is 16.2. The number of rotatable bonds is 1. The number of benzene rings is 2. The molecule has 0 radical (unpaired) electrons. The SMILES string of the molecule is COc1cc(C(C)(C)C)c(O)c(C(C)(C)C)c1.Oc1ccc(O)cc1. The van der Waals surface area contributed by atoms with Crippen molar-refractivity contribution >= 4 is 0 Å². The molecule has 0 saturated heterocycles. The zero-order chi connectivity index (χ0) is 19.4. The molecule has 3 N–H and O–H groups in total. The second kappa shape index (κ2) is 7.68. The molecule has 4 heteroatoms. The van der Waals surface area contributed by atoms with Gasteiger partial charge in [-0.3, -0.25) is 0 Å². The van der Waals surface area contributed by atoms with Crippen molar-refractivity contribution in [1.29, 1.82) is 0 Å². The van der Waals surface area contributed by atoms with Crippen molar-refractivity contribution in [3.05, 3.63) is 47.5 Å². The zero-order valence-corrected chi connectivity index (χ0v) is 16.2. The Labute approximate surface area is 150 Å². The van der Waals surface area contributed by atoms with Crippen LogP contribution in [0.4, 0.5) is 0 Å². The lowest BCUT2D eigenvalue weighted by atomic mass is 9.79. The molecule has 25 heavy (non-hydrogen) atoms. The molecule has 2 aromatic rings. The van der Waals surface area contributed by atoms with Gasteiger partial charge in [0.05, 0.1) is 7.11 Å². The van der Waals surface area contributed by atoms with Crippen molar-refractivity contribution in [3.8, 4) is 23.0 Å². The van der Waals surface area contributed by atoms with E-state index in [-0.39, 0.29) is 22.3 Å². The van der Waals surface area contributed by atoms with E-state index in [0.29, 0.717) is 5.75 Å². The lowest BCUT2D eigenvalue weighted by molar-refractivity contribution is 0.395. The monoisotopic (exact) mass is 346 g/mol. The molecule has 0 atom stereocenters. The minimum Gasteiger partial charge on any atom is -0.508 e. The quantitative estimate of drug-likeness (QED) is 0.629. The molecule has 0 aliphatic carbocycles. The maximum atomic E-state index is 10.4. The molecular formula is C21H30O4. The van der Waals surface area contributed by atoms with Gasteiger partial charge in [-0.05, 0) is 47.2 Å². The standard InChI is InChI=1S/C15H24O2.C6H6O2/c1-14(2,3)11-8-10(17-7)9-12(13(11)16)15(4,5)6;7-5-1-2-6(8)4-3-5/h8-9,16H,1-7H3;1-4,7-8H. The van der Waals surface area contributed by atoms with Gasteiger partial charge in [-0.1, -0.05) is 41.5 Å². The molecule has 0 saturated carbocycles. The van der Waals surface area contributed by atoms with Crippen LogP contribution in [0.15, 0.2) is 36.4 Å². The first-order valence-corrected chi connectivity index (χ1v) is 8.26. The average molecular weight is 346 g/mol. The molecule has 0 aromatic heterocycles. The van der Waals surface area contributed by atoms with Crippen LogP contribution in [0.3, 0.4) is 0 Å². The first kappa shape index (κ1) is 20.7. The highest BCUT2D eigenvalue weighted by Gasteiger charge is 2.26. The average Bonchev–Trinajstić information content (AvgIpc) is 2.49. The lowest BCUT2D eigenvalue weighted by Crippen LogP contribution is -2.17. The van der Waals surface area contributed by atoms with Gasteiger partial charge < -0.3 is 20.1 Å². The Morgan fingerprint density at radius 2 is 1.00 bits per heavy atom. The second-order valence-corrected chi connectivity index (χ2v) is 8.09. The van der Waals surface area contributed by atoms with Crippen LogP contribution >= 0.6 is 0 Å². The predicted octanol–water partition coefficient (Wildman–Crippen LogP) is 5.09. The third-order valence-electron chi connectivity index (χ3n) is 3.78. The Bertz CT molecular complexity index is 633. The van der Waals surface area contributed by atoms with E-state index in [9.17, 15) is 5.11 Å². The fourth-order valence-electron chi connectivity index (χ4n) is 2.32. The first-order valence-electron chi connectivity index (χ1n) is 8.26. The molecule has 0 bridgehead atoms. The van der Waals surface area contributed by atoms with Gasteiger partial charge in [0.2, 0.25) is 0 Å². The third kappa shape index (κ3) is 5.89. The van der Waals surface area contributed by atoms with E-state index in [0.717, 1.165) is 16.9 Å². The molecule has 2 aromatic carbocycles. The number of phenols is 3. The van der Waals surface area contributed by atoms with Crippen LogP contribution in [-0.2, 0) is 10.8 Å². The largest absolute Gasteiger partial charge is 0.508 e. The number of phenolic OH excluding ortho intramolecular Hbond substituents is 3. The maximum Gasteiger partial charge on any atom is 0.123 e. The number of ether oxygens (including phenoxy) is 1. The van der Waals surface area contributed by atoms with Crippen molar-refractivity contribution < 1.29 is 20.1 Å². The lowest BCUT2D eigenvalue weighted by Gasteiger charge is -2.27. The molecular weight excluding hydrogens is 316 g/mol. The van der Waals surface area contributed by atoms with Crippen LogP contribution in [0, 0.1) is 0 Å². The third-order valence-corrected chi connectivity index (χ3v) is 3.78. The van der Waals surface area contributed by atoms with E-state index in [2.05, 4.69) is 41.5 Å². The molecule has 0 aliphatic heterocycles. The summed E-state index contributed by atoms with van der Waals surface area (Å²) in [6.45, 7) is 12.5. The summed E-state index contributed by atoms with van der Waals surface area (Å²) in [6, 6.07) is 9.55. The van der Waals surface area contributed by atoms with Crippen LogP contribution in [0.2, 0.25) is 0 Å². The Morgan fingerprint density at radius 1 is 0.680 bits per heavy atom. The van der Waals surface area contributed by atoms with E-state index in [1.54, 1.807) is 7.11 Å². The molecule has 0 amide bonds. The summed E-state index contributed by atoms with van der Waals surface area (Å²) in [6.07, 6.45) is 0. The van der Waals surface area contributed by atoms with Crippen LogP contribution < -0.4 is 4.74 Å². The molecule has 0 heterocycles. The smallest absolute Gasteiger partial charge is 0.123 e. The topological polar surface area (TPSA) is 69.9 Å². The summed E-state index contributed by atoms with van der Waals surface area (Å²) in [7, 11) is 1.66. The minimum atomic E-state index is -0.0986. The number of aromatic hydroxyl groups is 3. The predicted molar refractivity (Wildman–Crippen MR) is 102 cm³/mol. The molecule has 138 valence electrons. The van der Waals surface area contributed by atoms with Gasteiger partial charge in [0.1, 0.15) is 23.0 Å². The van der Waals surface area contributed by atoms with Crippen LogP contribution in [0.25, 0.3) is 0 Å². The van der Waals surface area contributed by atoms with Gasteiger partial charge in [0, 0.05) is 11.1 Å². The van der Waals surface area contributed by atoms with Gasteiger partial charge in [-0.2, -0.15) is 0 Å². The van der Waals surface area contributed by atoms with Crippen LogP contribution in [0.1, 0.15) is 52.7 Å². The Kier molecular flexibility index (Phi) is 6.36. The molecule has 0 spiro atoms. The highest BCUT2D eigenvalue weighted by atomic mass is 16.5. The van der Waals surface area contributed by atoms with Crippen LogP contribution in [-0.4, -0.2) is 22.4 Å². The summed E-state index contributed by atoms with van der Waals surface area (Å²) in [5, 5.41) is 27.7. The molecule has 0 aliphatic rings. The first-order chi connectivity index (χ1) is 11.4. The molecule has 2 rings (SSSR count). The Hall–Kier alpha value is -2.36. The fourth-order valence-corrected chi connectivity index (χ4v) is 2.32. The highest BCUT2D eigenvalue weighted by Crippen LogP contribution is 2.41. The normalized spacial score (nSPS) is 11.5. The van der Waals surface area contributed by atoms with Crippen molar-refractivity contribution in [1.82, 2.24) is 0 Å². The fraction of sp³-hybridized carbons (Fsp3) is 0.429. The van der Waals surface area contributed by atoms with E-state index < -0.39 is 0 Å². The van der Waals surface area contributed by atoms with Crippen molar-refractivity contribution in [2.45, 2.75) is 52.4 Å². The summed E-state index contributed by atoms with van der Waals surface area (Å²) in [4.78, 5) is 0. The summed E-state index contributed by atoms with van der Waals surface area (Å²) >= 11 is 0. The van der Waals surface area contributed by atoms with E-state index in [1.807, 2.05) is 12.1 Å². The molecule has 0 unspecified atom stereocenters. The van der Waals surface area contributed by atoms with Gasteiger partial charge in [0.25, 0.3) is 0 Å². The van der Waals surface area contributed by atoms with E-state index >= 15 is 0 Å². The number of methoxy groups -OCH3 is 1. The van der Waals surface area contributed by atoms with Crippen LogP contribution in [0.5, 0.6) is 23.0 Å².